The summed E-state index contributed by atoms with van der Waals surface area (Å²) in [4.78, 5) is 23.8. The number of hydrogen-bond acceptors (Lipinski definition) is 5. The van der Waals surface area contributed by atoms with Crippen molar-refractivity contribution in [2.45, 2.75) is 25.9 Å². The fourth-order valence-corrected chi connectivity index (χ4v) is 2.54. The number of ether oxygens (including phenoxy) is 1. The van der Waals surface area contributed by atoms with Crippen LogP contribution in [0.3, 0.4) is 0 Å². The molecule has 0 saturated heterocycles. The molecule has 1 aromatic carbocycles. The molecule has 7 nitrogen and oxygen atoms in total. The second-order valence-electron chi connectivity index (χ2n) is 5.84. The van der Waals surface area contributed by atoms with Crippen LogP contribution in [0.25, 0.3) is 5.69 Å². The number of amides is 1. The molecular formula is C18H22ClF3N4O3. The van der Waals surface area contributed by atoms with E-state index in [0.717, 1.165) is 6.20 Å². The van der Waals surface area contributed by atoms with Crippen LogP contribution in [0.15, 0.2) is 30.5 Å². The van der Waals surface area contributed by atoms with Gasteiger partial charge in [-0.15, -0.1) is 12.4 Å². The van der Waals surface area contributed by atoms with E-state index >= 15 is 0 Å². The van der Waals surface area contributed by atoms with E-state index < -0.39 is 23.4 Å². The molecule has 0 fully saturated rings. The molecule has 2 N–H and O–H groups in total. The minimum atomic E-state index is -4.83. The number of nitrogens with one attached hydrogen (secondary N) is 2. The van der Waals surface area contributed by atoms with E-state index in [1.54, 1.807) is 13.1 Å². The predicted octanol–water partition coefficient (Wildman–Crippen LogP) is 3.43. The molecule has 0 unspecified atom stereocenters. The molecule has 160 valence electrons. The molecule has 29 heavy (non-hydrogen) atoms. The molecule has 0 aliphatic heterocycles. The zero-order valence-corrected chi connectivity index (χ0v) is 16.7. The number of anilines is 1. The van der Waals surface area contributed by atoms with Crippen molar-refractivity contribution in [3.63, 3.8) is 0 Å². The molecule has 0 spiro atoms. The van der Waals surface area contributed by atoms with E-state index in [-0.39, 0.29) is 37.0 Å². The molecule has 1 heterocycles. The number of carbonyl (C=O) groups is 2. The Morgan fingerprint density at radius 1 is 1.28 bits per heavy atom. The van der Waals surface area contributed by atoms with Crippen LogP contribution in [0.5, 0.6) is 0 Å². The maximum Gasteiger partial charge on any atom is 0.434 e. The molecule has 0 atom stereocenters. The quantitative estimate of drug-likeness (QED) is 0.491. The summed E-state index contributed by atoms with van der Waals surface area (Å²) >= 11 is 0. The highest BCUT2D eigenvalue weighted by molar-refractivity contribution is 5.91. The first-order valence-electron chi connectivity index (χ1n) is 8.65. The molecule has 1 aromatic heterocycles. The van der Waals surface area contributed by atoms with Gasteiger partial charge in [0.15, 0.2) is 5.69 Å². The van der Waals surface area contributed by atoms with Crippen molar-refractivity contribution in [1.29, 1.82) is 0 Å². The van der Waals surface area contributed by atoms with E-state index in [2.05, 4.69) is 20.5 Å². The van der Waals surface area contributed by atoms with Gasteiger partial charge in [0.2, 0.25) is 5.91 Å². The molecule has 11 heteroatoms. The number of alkyl halides is 3. The van der Waals surface area contributed by atoms with Crippen molar-refractivity contribution in [2.24, 2.45) is 0 Å². The number of benzene rings is 1. The van der Waals surface area contributed by atoms with Gasteiger partial charge in [0.1, 0.15) is 5.56 Å². The van der Waals surface area contributed by atoms with Gasteiger partial charge in [0.25, 0.3) is 0 Å². The average Bonchev–Trinajstić information content (AvgIpc) is 3.08. The molecular weight excluding hydrogens is 413 g/mol. The van der Waals surface area contributed by atoms with Crippen molar-refractivity contribution in [2.75, 3.05) is 25.5 Å². The van der Waals surface area contributed by atoms with Gasteiger partial charge < -0.3 is 15.4 Å². The number of aromatic nitrogens is 2. The number of halogens is 4. The SMILES string of the molecule is CCOC(=O)c1cnn(-c2cccc(NC(=O)CCCNC)c2)c1C(F)(F)F.Cl. The molecule has 0 radical (unpaired) electrons. The highest BCUT2D eigenvalue weighted by Crippen LogP contribution is 2.34. The lowest BCUT2D eigenvalue weighted by Crippen LogP contribution is -2.19. The van der Waals surface area contributed by atoms with Crippen molar-refractivity contribution in [3.05, 3.63) is 41.7 Å². The molecule has 0 aliphatic carbocycles. The van der Waals surface area contributed by atoms with Gasteiger partial charge in [-0.25, -0.2) is 9.48 Å². The van der Waals surface area contributed by atoms with E-state index in [1.165, 1.54) is 25.1 Å². The molecule has 2 rings (SSSR count). The maximum atomic E-state index is 13.6. The Morgan fingerprint density at radius 2 is 2.00 bits per heavy atom. The Balaban J connectivity index is 0.00000420. The van der Waals surface area contributed by atoms with Gasteiger partial charge in [-0.1, -0.05) is 6.07 Å². The summed E-state index contributed by atoms with van der Waals surface area (Å²) < 4.78 is 46.0. The van der Waals surface area contributed by atoms with Gasteiger partial charge in [-0.05, 0) is 45.1 Å². The van der Waals surface area contributed by atoms with Gasteiger partial charge in [-0.3, -0.25) is 4.79 Å². The lowest BCUT2D eigenvalue weighted by atomic mass is 10.2. The summed E-state index contributed by atoms with van der Waals surface area (Å²) in [6.07, 6.45) is -3.11. The lowest BCUT2D eigenvalue weighted by molar-refractivity contribution is -0.143. The lowest BCUT2D eigenvalue weighted by Gasteiger charge is -2.13. The average molecular weight is 435 g/mol. The predicted molar refractivity (Wildman–Crippen MR) is 104 cm³/mol. The smallest absolute Gasteiger partial charge is 0.434 e. The van der Waals surface area contributed by atoms with Crippen molar-refractivity contribution in [1.82, 2.24) is 15.1 Å². The summed E-state index contributed by atoms with van der Waals surface area (Å²) in [6.45, 7) is 2.11. The van der Waals surface area contributed by atoms with E-state index in [0.29, 0.717) is 23.3 Å². The summed E-state index contributed by atoms with van der Waals surface area (Å²) in [5, 5.41) is 9.27. The van der Waals surface area contributed by atoms with Crippen LogP contribution in [0.2, 0.25) is 0 Å². The highest BCUT2D eigenvalue weighted by Gasteiger charge is 2.41. The molecule has 0 bridgehead atoms. The van der Waals surface area contributed by atoms with Gasteiger partial charge >= 0.3 is 12.1 Å². The van der Waals surface area contributed by atoms with E-state index in [9.17, 15) is 22.8 Å². The van der Waals surface area contributed by atoms with Crippen molar-refractivity contribution in [3.8, 4) is 5.69 Å². The normalized spacial score (nSPS) is 10.9. The van der Waals surface area contributed by atoms with Gasteiger partial charge in [-0.2, -0.15) is 18.3 Å². The van der Waals surface area contributed by atoms with E-state index in [4.69, 9.17) is 0 Å². The minimum Gasteiger partial charge on any atom is -0.462 e. The highest BCUT2D eigenvalue weighted by atomic mass is 35.5. The van der Waals surface area contributed by atoms with Crippen LogP contribution in [-0.2, 0) is 15.7 Å². The Kier molecular flexibility index (Phi) is 9.12. The molecule has 0 saturated carbocycles. The van der Waals surface area contributed by atoms with Crippen LogP contribution in [-0.4, -0.2) is 41.9 Å². The summed E-state index contributed by atoms with van der Waals surface area (Å²) in [6, 6.07) is 5.80. The second-order valence-corrected chi connectivity index (χ2v) is 5.84. The Hall–Kier alpha value is -2.59. The first-order valence-corrected chi connectivity index (χ1v) is 8.65. The number of esters is 1. The molecule has 1 amide bonds. The number of carbonyl (C=O) groups excluding carboxylic acids is 2. The monoisotopic (exact) mass is 434 g/mol. The largest absolute Gasteiger partial charge is 0.462 e. The zero-order chi connectivity index (χ0) is 20.7. The topological polar surface area (TPSA) is 85.2 Å². The van der Waals surface area contributed by atoms with Crippen LogP contribution >= 0.6 is 12.4 Å². The zero-order valence-electron chi connectivity index (χ0n) is 15.9. The van der Waals surface area contributed by atoms with Crippen LogP contribution in [0, 0.1) is 0 Å². The van der Waals surface area contributed by atoms with Crippen molar-refractivity contribution < 1.29 is 27.5 Å². The second kappa shape index (κ2) is 10.8. The number of hydrogen-bond donors (Lipinski definition) is 2. The fraction of sp³-hybridized carbons (Fsp3) is 0.389. The summed E-state index contributed by atoms with van der Waals surface area (Å²) in [5.41, 5.74) is -1.52. The molecule has 2 aromatic rings. The third kappa shape index (κ3) is 6.47. The Bertz CT molecular complexity index is 840. The minimum absolute atomic E-state index is 0. The Morgan fingerprint density at radius 3 is 2.62 bits per heavy atom. The van der Waals surface area contributed by atoms with Crippen LogP contribution in [0.1, 0.15) is 35.8 Å². The van der Waals surface area contributed by atoms with Gasteiger partial charge in [0.05, 0.1) is 18.5 Å². The van der Waals surface area contributed by atoms with E-state index in [1.807, 2.05) is 0 Å². The maximum absolute atomic E-state index is 13.6. The number of nitrogens with zero attached hydrogens (tertiary/aromatic N) is 2. The summed E-state index contributed by atoms with van der Waals surface area (Å²) in [7, 11) is 1.77. The fourth-order valence-electron chi connectivity index (χ4n) is 2.54. The molecule has 0 aliphatic rings. The Labute approximate surface area is 172 Å². The summed E-state index contributed by atoms with van der Waals surface area (Å²) in [5.74, 6) is -1.36. The third-order valence-corrected chi connectivity index (χ3v) is 3.74. The first-order chi connectivity index (χ1) is 13.3. The van der Waals surface area contributed by atoms with Crippen LogP contribution in [0.4, 0.5) is 18.9 Å². The standard InChI is InChI=1S/C18H21F3N4O3.ClH/c1-3-28-17(27)14-11-23-25(16(14)18(19,20)21)13-7-4-6-12(10-13)24-15(26)8-5-9-22-2;/h4,6-7,10-11,22H,3,5,8-9H2,1-2H3,(H,24,26);1H. The van der Waals surface area contributed by atoms with Crippen LogP contribution < -0.4 is 10.6 Å². The number of rotatable bonds is 8. The van der Waals surface area contributed by atoms with Crippen molar-refractivity contribution >= 4 is 30.0 Å². The van der Waals surface area contributed by atoms with Gasteiger partial charge in [0, 0.05) is 12.1 Å². The third-order valence-electron chi connectivity index (χ3n) is 3.74. The first kappa shape index (κ1) is 24.4.